The molecule has 0 amide bonds. The van der Waals surface area contributed by atoms with Crippen molar-refractivity contribution in [3.05, 3.63) is 137 Å². The third-order valence-corrected chi connectivity index (χ3v) is 7.37. The summed E-state index contributed by atoms with van der Waals surface area (Å²) in [5.74, 6) is 0. The molecule has 0 spiro atoms. The topological polar surface area (TPSA) is 3.24 Å². The van der Waals surface area contributed by atoms with Crippen molar-refractivity contribution in [1.29, 1.82) is 0 Å². The highest BCUT2D eigenvalue weighted by Gasteiger charge is 2.37. The Hall–Kier alpha value is -3.81. The number of hydrogen-bond donors (Lipinski definition) is 0. The second kappa shape index (κ2) is 8.45. The molecule has 35 heavy (non-hydrogen) atoms. The van der Waals surface area contributed by atoms with E-state index >= 15 is 0 Å². The monoisotopic (exact) mass is 471 g/mol. The lowest BCUT2D eigenvalue weighted by molar-refractivity contribution is 0.660. The minimum atomic E-state index is -0.0561. The van der Waals surface area contributed by atoms with Crippen LogP contribution in [0.5, 0.6) is 0 Å². The van der Waals surface area contributed by atoms with Crippen molar-refractivity contribution in [2.75, 3.05) is 4.90 Å². The summed E-state index contributed by atoms with van der Waals surface area (Å²) in [4.78, 5) is 2.36. The summed E-state index contributed by atoms with van der Waals surface area (Å²) < 4.78 is 0. The lowest BCUT2D eigenvalue weighted by atomic mass is 9.82. The molecule has 170 valence electrons. The van der Waals surface area contributed by atoms with Gasteiger partial charge in [0.2, 0.25) is 0 Å². The zero-order chi connectivity index (χ0) is 24.0. The second-order valence-corrected chi connectivity index (χ2v) is 10.0. The fourth-order valence-electron chi connectivity index (χ4n) is 5.39. The summed E-state index contributed by atoms with van der Waals surface area (Å²) in [6, 6.07) is 43.0. The third-order valence-electron chi connectivity index (χ3n) is 7.12. The van der Waals surface area contributed by atoms with E-state index in [-0.39, 0.29) is 5.41 Å². The Bertz CT molecular complexity index is 1520. The minimum Gasteiger partial charge on any atom is -0.310 e. The van der Waals surface area contributed by atoms with Crippen LogP contribution in [0.15, 0.2) is 121 Å². The molecule has 0 unspecified atom stereocenters. The van der Waals surface area contributed by atoms with E-state index in [0.717, 1.165) is 16.4 Å². The van der Waals surface area contributed by atoms with Crippen LogP contribution in [-0.4, -0.2) is 0 Å². The molecule has 0 atom stereocenters. The smallest absolute Gasteiger partial charge is 0.0543 e. The van der Waals surface area contributed by atoms with Gasteiger partial charge in [0.25, 0.3) is 0 Å². The molecule has 0 aromatic heterocycles. The Kier molecular flexibility index (Phi) is 5.24. The number of benzene rings is 5. The number of rotatable bonds is 4. The molecule has 0 fully saturated rings. The van der Waals surface area contributed by atoms with Crippen molar-refractivity contribution < 1.29 is 0 Å². The maximum Gasteiger partial charge on any atom is 0.0543 e. The number of nitrogens with zero attached hydrogens (tertiary/aromatic N) is 1. The van der Waals surface area contributed by atoms with Crippen LogP contribution >= 0.6 is 11.6 Å². The van der Waals surface area contributed by atoms with E-state index in [9.17, 15) is 0 Å². The first-order valence-electron chi connectivity index (χ1n) is 12.0. The van der Waals surface area contributed by atoms with E-state index in [0.29, 0.717) is 0 Å². The summed E-state index contributed by atoms with van der Waals surface area (Å²) in [5.41, 5.74) is 11.0. The molecular formula is C33H26ClN. The van der Waals surface area contributed by atoms with E-state index in [1.807, 2.05) is 12.1 Å². The molecule has 0 saturated carbocycles. The maximum atomic E-state index is 6.29. The van der Waals surface area contributed by atoms with Gasteiger partial charge in [0.05, 0.1) is 5.69 Å². The number of hydrogen-bond acceptors (Lipinski definition) is 1. The highest BCUT2D eigenvalue weighted by atomic mass is 35.5. The molecule has 0 heterocycles. The summed E-state index contributed by atoms with van der Waals surface area (Å²) in [6.45, 7) is 4.65. The van der Waals surface area contributed by atoms with Gasteiger partial charge in [-0.2, -0.15) is 0 Å². The van der Waals surface area contributed by atoms with Crippen molar-refractivity contribution in [3.8, 4) is 22.3 Å². The second-order valence-electron chi connectivity index (χ2n) is 9.60. The molecule has 0 aliphatic heterocycles. The number of halogens is 1. The molecule has 1 aliphatic rings. The standard InChI is InChI=1S/C33H26ClN/c1-33(2)29-15-7-6-14-28(29)32-30(33)16-9-17-31(32)35(26-20-18-25(34)19-21-26)27-13-8-12-24(22-27)23-10-4-3-5-11-23/h3-22H,1-2H3. The van der Waals surface area contributed by atoms with Gasteiger partial charge in [-0.15, -0.1) is 0 Å². The van der Waals surface area contributed by atoms with Gasteiger partial charge in [-0.25, -0.2) is 0 Å². The average Bonchev–Trinajstić information content (AvgIpc) is 3.14. The minimum absolute atomic E-state index is 0.0561. The van der Waals surface area contributed by atoms with Gasteiger partial charge in [-0.3, -0.25) is 0 Å². The Morgan fingerprint density at radius 1 is 0.571 bits per heavy atom. The average molecular weight is 472 g/mol. The predicted octanol–water partition coefficient (Wildman–Crippen LogP) is 9.78. The highest BCUT2D eigenvalue weighted by Crippen LogP contribution is 2.54. The van der Waals surface area contributed by atoms with Crippen molar-refractivity contribution in [1.82, 2.24) is 0 Å². The van der Waals surface area contributed by atoms with Gasteiger partial charge >= 0.3 is 0 Å². The molecule has 0 saturated heterocycles. The number of fused-ring (bicyclic) bond motifs is 3. The maximum absolute atomic E-state index is 6.29. The molecule has 2 heteroatoms. The molecule has 1 nitrogen and oxygen atoms in total. The largest absolute Gasteiger partial charge is 0.310 e. The third kappa shape index (κ3) is 3.64. The Morgan fingerprint density at radius 2 is 1.23 bits per heavy atom. The van der Waals surface area contributed by atoms with Crippen molar-refractivity contribution in [3.63, 3.8) is 0 Å². The lowest BCUT2D eigenvalue weighted by Crippen LogP contribution is -2.16. The van der Waals surface area contributed by atoms with Crippen LogP contribution in [0.1, 0.15) is 25.0 Å². The van der Waals surface area contributed by atoms with Crippen LogP contribution in [0.3, 0.4) is 0 Å². The van der Waals surface area contributed by atoms with Gasteiger partial charge < -0.3 is 4.90 Å². The summed E-state index contributed by atoms with van der Waals surface area (Å²) in [5, 5.41) is 0.733. The van der Waals surface area contributed by atoms with Crippen LogP contribution in [0.4, 0.5) is 17.1 Å². The van der Waals surface area contributed by atoms with Crippen LogP contribution < -0.4 is 4.90 Å². The SMILES string of the molecule is CC1(C)c2ccccc2-c2c(N(c3ccc(Cl)cc3)c3cccc(-c4ccccc4)c3)cccc21. The molecule has 5 aromatic rings. The van der Waals surface area contributed by atoms with Gasteiger partial charge in [-0.05, 0) is 70.3 Å². The lowest BCUT2D eigenvalue weighted by Gasteiger charge is -2.29. The van der Waals surface area contributed by atoms with E-state index in [1.54, 1.807) is 0 Å². The Balaban J connectivity index is 1.61. The van der Waals surface area contributed by atoms with Gasteiger partial charge in [0.1, 0.15) is 0 Å². The number of anilines is 3. The van der Waals surface area contributed by atoms with Gasteiger partial charge in [0.15, 0.2) is 0 Å². The van der Waals surface area contributed by atoms with Gasteiger partial charge in [0, 0.05) is 27.4 Å². The first-order valence-corrected chi connectivity index (χ1v) is 12.4. The molecule has 5 aromatic carbocycles. The van der Waals surface area contributed by atoms with E-state index < -0.39 is 0 Å². The van der Waals surface area contributed by atoms with Crippen molar-refractivity contribution >= 4 is 28.7 Å². The molecule has 1 aliphatic carbocycles. The zero-order valence-electron chi connectivity index (χ0n) is 19.9. The molecular weight excluding hydrogens is 446 g/mol. The Morgan fingerprint density at radius 3 is 2.03 bits per heavy atom. The molecule has 0 radical (unpaired) electrons. The molecule has 6 rings (SSSR count). The van der Waals surface area contributed by atoms with Crippen LogP contribution in [0.2, 0.25) is 5.02 Å². The summed E-state index contributed by atoms with van der Waals surface area (Å²) >= 11 is 6.29. The quantitative estimate of drug-likeness (QED) is 0.252. The van der Waals surface area contributed by atoms with Crippen LogP contribution in [0.25, 0.3) is 22.3 Å². The van der Waals surface area contributed by atoms with Crippen molar-refractivity contribution in [2.45, 2.75) is 19.3 Å². The summed E-state index contributed by atoms with van der Waals surface area (Å²) in [7, 11) is 0. The normalized spacial score (nSPS) is 13.2. The zero-order valence-corrected chi connectivity index (χ0v) is 20.6. The van der Waals surface area contributed by atoms with E-state index in [1.165, 1.54) is 39.1 Å². The molecule has 0 N–H and O–H groups in total. The molecule has 0 bridgehead atoms. The van der Waals surface area contributed by atoms with Crippen molar-refractivity contribution in [2.24, 2.45) is 0 Å². The highest BCUT2D eigenvalue weighted by molar-refractivity contribution is 6.30. The summed E-state index contributed by atoms with van der Waals surface area (Å²) in [6.07, 6.45) is 0. The predicted molar refractivity (Wildman–Crippen MR) is 149 cm³/mol. The van der Waals surface area contributed by atoms with E-state index in [2.05, 4.69) is 128 Å². The van der Waals surface area contributed by atoms with E-state index in [4.69, 9.17) is 11.6 Å². The van der Waals surface area contributed by atoms with Gasteiger partial charge in [-0.1, -0.05) is 104 Å². The van der Waals surface area contributed by atoms with Crippen LogP contribution in [0, 0.1) is 0 Å². The van der Waals surface area contributed by atoms with Crippen LogP contribution in [-0.2, 0) is 5.41 Å². The Labute approximate surface area is 212 Å². The fourth-order valence-corrected chi connectivity index (χ4v) is 5.52. The first kappa shape index (κ1) is 21.7. The first-order chi connectivity index (χ1) is 17.0. The fraction of sp³-hybridized carbons (Fsp3) is 0.0909.